The fraction of sp³-hybridized carbons (Fsp3) is 0.375. The zero-order valence-electron chi connectivity index (χ0n) is 17.3. The molecule has 1 amide bonds. The summed E-state index contributed by atoms with van der Waals surface area (Å²) in [6.45, 7) is 0. The third kappa shape index (κ3) is 3.40. The summed E-state index contributed by atoms with van der Waals surface area (Å²) in [7, 11) is 4.17. The number of aromatic nitrogens is 1. The first-order valence-corrected chi connectivity index (χ1v) is 10.4. The Balaban J connectivity index is 0.00000218. The maximum absolute atomic E-state index is 13.5. The van der Waals surface area contributed by atoms with Crippen molar-refractivity contribution in [1.29, 1.82) is 0 Å². The van der Waals surface area contributed by atoms with E-state index in [1.807, 2.05) is 35.9 Å². The number of nitrogens with one attached hydrogen (secondary N) is 1. The quantitative estimate of drug-likeness (QED) is 0.654. The Labute approximate surface area is 182 Å². The van der Waals surface area contributed by atoms with Crippen LogP contribution in [0.3, 0.4) is 0 Å². The van der Waals surface area contributed by atoms with Gasteiger partial charge in [-0.05, 0) is 68.6 Å². The fourth-order valence-electron chi connectivity index (χ4n) is 5.36. The van der Waals surface area contributed by atoms with Gasteiger partial charge in [0.1, 0.15) is 5.82 Å². The molecule has 0 spiro atoms. The first-order valence-electron chi connectivity index (χ1n) is 10.4. The van der Waals surface area contributed by atoms with Crippen LogP contribution in [0.1, 0.15) is 36.0 Å². The number of hydrogen-bond acceptors (Lipinski definition) is 2. The Kier molecular flexibility index (Phi) is 5.60. The highest BCUT2D eigenvalue weighted by atomic mass is 35.5. The maximum Gasteiger partial charge on any atom is 0.254 e. The van der Waals surface area contributed by atoms with Gasteiger partial charge in [-0.3, -0.25) is 4.79 Å². The number of benzene rings is 2. The van der Waals surface area contributed by atoms with E-state index in [4.69, 9.17) is 0 Å². The summed E-state index contributed by atoms with van der Waals surface area (Å²) in [5, 5.41) is 4.26. The van der Waals surface area contributed by atoms with Crippen molar-refractivity contribution in [2.45, 2.75) is 43.8 Å². The summed E-state index contributed by atoms with van der Waals surface area (Å²) in [6.07, 6.45) is 4.47. The molecular formula is C24H27ClFN3O. The third-order valence-corrected chi connectivity index (χ3v) is 6.89. The molecule has 1 N–H and O–H groups in total. The molecule has 30 heavy (non-hydrogen) atoms. The highest BCUT2D eigenvalue weighted by molar-refractivity contribution is 6.12. The van der Waals surface area contributed by atoms with Crippen LogP contribution in [-0.4, -0.2) is 40.5 Å². The second-order valence-electron chi connectivity index (χ2n) is 8.50. The molecule has 2 saturated heterocycles. The summed E-state index contributed by atoms with van der Waals surface area (Å²) in [5.74, 6) is -0.310. The van der Waals surface area contributed by atoms with Crippen molar-refractivity contribution >= 4 is 29.2 Å². The average molecular weight is 428 g/mol. The molecule has 0 saturated carbocycles. The van der Waals surface area contributed by atoms with Crippen molar-refractivity contribution in [2.24, 2.45) is 7.05 Å². The molecule has 3 aromatic rings. The van der Waals surface area contributed by atoms with E-state index >= 15 is 0 Å². The van der Waals surface area contributed by atoms with Gasteiger partial charge in [-0.25, -0.2) is 4.39 Å². The lowest BCUT2D eigenvalue weighted by atomic mass is 9.97. The second kappa shape index (κ2) is 8.05. The van der Waals surface area contributed by atoms with E-state index in [0.717, 1.165) is 35.0 Å². The molecule has 3 heterocycles. The normalized spacial score (nSPS) is 23.4. The van der Waals surface area contributed by atoms with Crippen LogP contribution in [-0.2, 0) is 7.05 Å². The van der Waals surface area contributed by atoms with Gasteiger partial charge in [0.2, 0.25) is 0 Å². The van der Waals surface area contributed by atoms with Crippen LogP contribution in [0.15, 0.2) is 48.5 Å². The van der Waals surface area contributed by atoms with Crippen molar-refractivity contribution in [3.8, 4) is 11.3 Å². The van der Waals surface area contributed by atoms with Gasteiger partial charge in [0.25, 0.3) is 5.91 Å². The molecule has 2 fully saturated rings. The zero-order valence-corrected chi connectivity index (χ0v) is 18.1. The molecular weight excluding hydrogens is 401 g/mol. The number of amides is 1. The van der Waals surface area contributed by atoms with Gasteiger partial charge in [0, 0.05) is 36.1 Å². The minimum Gasteiger partial charge on any atom is -0.349 e. The number of aryl methyl sites for hydroxylation is 1. The predicted molar refractivity (Wildman–Crippen MR) is 121 cm³/mol. The lowest BCUT2D eigenvalue weighted by molar-refractivity contribution is 0.0884. The minimum atomic E-state index is -0.277. The number of piperidine rings is 1. The van der Waals surface area contributed by atoms with Crippen LogP contribution in [0.2, 0.25) is 0 Å². The van der Waals surface area contributed by atoms with Gasteiger partial charge in [-0.15, -0.1) is 12.4 Å². The van der Waals surface area contributed by atoms with Gasteiger partial charge in [0.15, 0.2) is 0 Å². The molecule has 3 atom stereocenters. The summed E-state index contributed by atoms with van der Waals surface area (Å²) in [6, 6.07) is 15.7. The van der Waals surface area contributed by atoms with E-state index in [2.05, 4.69) is 17.3 Å². The Morgan fingerprint density at radius 3 is 2.30 bits per heavy atom. The highest BCUT2D eigenvalue weighted by Crippen LogP contribution is 2.36. The highest BCUT2D eigenvalue weighted by Gasteiger charge is 2.39. The number of nitrogens with zero attached hydrogens (tertiary/aromatic N) is 2. The van der Waals surface area contributed by atoms with E-state index < -0.39 is 0 Å². The SMILES string of the molecule is CN1[C@@H]2CC[C@H]1CC(NC(=O)c1c(-c3ccc(F)cc3)n(C)c3ccccc13)C2.Cl. The lowest BCUT2D eigenvalue weighted by Gasteiger charge is -2.36. The molecule has 2 aliphatic rings. The molecule has 2 aromatic carbocycles. The molecule has 6 heteroatoms. The summed E-state index contributed by atoms with van der Waals surface area (Å²) in [5.41, 5.74) is 3.36. The van der Waals surface area contributed by atoms with Gasteiger partial charge >= 0.3 is 0 Å². The molecule has 1 aromatic heterocycles. The van der Waals surface area contributed by atoms with Crippen molar-refractivity contribution < 1.29 is 9.18 Å². The first kappa shape index (κ1) is 20.9. The summed E-state index contributed by atoms with van der Waals surface area (Å²) < 4.78 is 15.5. The molecule has 0 aliphatic carbocycles. The van der Waals surface area contributed by atoms with Crippen molar-refractivity contribution in [3.63, 3.8) is 0 Å². The third-order valence-electron chi connectivity index (χ3n) is 6.89. The number of para-hydroxylation sites is 1. The van der Waals surface area contributed by atoms with Crippen LogP contribution in [0.25, 0.3) is 22.2 Å². The first-order chi connectivity index (χ1) is 14.0. The number of halogens is 2. The summed E-state index contributed by atoms with van der Waals surface area (Å²) >= 11 is 0. The minimum absolute atomic E-state index is 0. The Morgan fingerprint density at radius 1 is 1.00 bits per heavy atom. The largest absolute Gasteiger partial charge is 0.349 e. The maximum atomic E-state index is 13.5. The monoisotopic (exact) mass is 427 g/mol. The van der Waals surface area contributed by atoms with Crippen LogP contribution in [0.4, 0.5) is 4.39 Å². The molecule has 1 unspecified atom stereocenters. The van der Waals surface area contributed by atoms with Crippen molar-refractivity contribution in [3.05, 3.63) is 59.9 Å². The topological polar surface area (TPSA) is 37.3 Å². The zero-order chi connectivity index (χ0) is 20.1. The number of carbonyl (C=O) groups is 1. The van der Waals surface area contributed by atoms with E-state index in [-0.39, 0.29) is 30.2 Å². The molecule has 2 aliphatic heterocycles. The fourth-order valence-corrected chi connectivity index (χ4v) is 5.36. The molecule has 2 bridgehead atoms. The Morgan fingerprint density at radius 2 is 1.63 bits per heavy atom. The van der Waals surface area contributed by atoms with Crippen molar-refractivity contribution in [1.82, 2.24) is 14.8 Å². The summed E-state index contributed by atoms with van der Waals surface area (Å²) in [4.78, 5) is 16.0. The van der Waals surface area contributed by atoms with Crippen LogP contribution in [0.5, 0.6) is 0 Å². The van der Waals surface area contributed by atoms with Crippen LogP contribution in [0, 0.1) is 5.82 Å². The molecule has 158 valence electrons. The van der Waals surface area contributed by atoms with Crippen LogP contribution >= 0.6 is 12.4 Å². The Hall–Kier alpha value is -2.37. The lowest BCUT2D eigenvalue weighted by Crippen LogP contribution is -2.48. The molecule has 5 rings (SSSR count). The van der Waals surface area contributed by atoms with E-state index in [0.29, 0.717) is 17.6 Å². The van der Waals surface area contributed by atoms with Crippen LogP contribution < -0.4 is 5.32 Å². The average Bonchev–Trinajstić information content (AvgIpc) is 3.11. The number of hydrogen-bond donors (Lipinski definition) is 1. The second-order valence-corrected chi connectivity index (χ2v) is 8.50. The number of carbonyl (C=O) groups excluding carboxylic acids is 1. The molecule has 4 nitrogen and oxygen atoms in total. The predicted octanol–water partition coefficient (Wildman–Crippen LogP) is 4.76. The van der Waals surface area contributed by atoms with Gasteiger partial charge in [0.05, 0.1) is 11.3 Å². The standard InChI is InChI=1S/C24H26FN3O.ClH/c1-27-18-11-12-19(27)14-17(13-18)26-24(29)22-20-5-3-4-6-21(20)28(2)23(22)15-7-9-16(25)10-8-15;/h3-10,17-19H,11-14H2,1-2H3,(H,26,29);1H/t17?,18-,19+;. The van der Waals surface area contributed by atoms with Gasteiger partial charge in [-0.2, -0.15) is 0 Å². The van der Waals surface area contributed by atoms with Gasteiger partial charge < -0.3 is 14.8 Å². The van der Waals surface area contributed by atoms with Crippen molar-refractivity contribution in [2.75, 3.05) is 7.05 Å². The molecule has 0 radical (unpaired) electrons. The van der Waals surface area contributed by atoms with E-state index in [9.17, 15) is 9.18 Å². The Bertz CT molecular complexity index is 1060. The van der Waals surface area contributed by atoms with E-state index in [1.165, 1.54) is 25.0 Å². The number of rotatable bonds is 3. The van der Waals surface area contributed by atoms with Gasteiger partial charge in [-0.1, -0.05) is 18.2 Å². The van der Waals surface area contributed by atoms with E-state index in [1.54, 1.807) is 12.1 Å². The smallest absolute Gasteiger partial charge is 0.254 e. The number of fused-ring (bicyclic) bond motifs is 3.